The molecular weight excluding hydrogens is 977 g/mol. The van der Waals surface area contributed by atoms with E-state index in [0.717, 1.165) is 12.0 Å². The number of nitrogens with zero attached hydrogens (tertiary/aromatic N) is 2. The van der Waals surface area contributed by atoms with Crippen LogP contribution >= 0.6 is 0 Å². The zero-order chi connectivity index (χ0) is 55.7. The van der Waals surface area contributed by atoms with Crippen LogP contribution in [0.25, 0.3) is 0 Å². The Morgan fingerprint density at radius 3 is 2.33 bits per heavy atom. The molecule has 2 N–H and O–H groups in total. The van der Waals surface area contributed by atoms with Gasteiger partial charge in [-0.15, -0.1) is 0 Å². The molecule has 3 aliphatic heterocycles. The fourth-order valence-corrected chi connectivity index (χ4v) is 11.5. The van der Waals surface area contributed by atoms with Gasteiger partial charge in [-0.05, 0) is 119 Å². The number of ketones is 3. The van der Waals surface area contributed by atoms with Crippen molar-refractivity contribution >= 4 is 35.2 Å². The number of amides is 1. The van der Waals surface area contributed by atoms with Gasteiger partial charge in [-0.2, -0.15) is 0 Å². The van der Waals surface area contributed by atoms with E-state index in [1.165, 1.54) is 18.2 Å². The van der Waals surface area contributed by atoms with E-state index in [2.05, 4.69) is 4.98 Å². The predicted octanol–water partition coefficient (Wildman–Crippen LogP) is 7.54. The van der Waals surface area contributed by atoms with Gasteiger partial charge in [0.15, 0.2) is 5.78 Å². The number of esters is 2. The summed E-state index contributed by atoms with van der Waals surface area (Å²) in [7, 11) is 4.60. The fraction of sp³-hybridized carbons (Fsp3) is 0.712. The van der Waals surface area contributed by atoms with E-state index in [9.17, 15) is 39.0 Å². The molecule has 17 nitrogen and oxygen atoms in total. The van der Waals surface area contributed by atoms with Gasteiger partial charge in [0.2, 0.25) is 5.79 Å². The number of cyclic esters (lactones) is 1. The topological polar surface area (TPSA) is 224 Å². The lowest BCUT2D eigenvalue weighted by molar-refractivity contribution is -0.265. The maximum absolute atomic E-state index is 14.6. The van der Waals surface area contributed by atoms with Crippen molar-refractivity contribution in [3.05, 3.63) is 66.0 Å². The summed E-state index contributed by atoms with van der Waals surface area (Å²) in [6.07, 6.45) is 13.4. The molecule has 1 amide bonds. The third-order valence-electron chi connectivity index (χ3n) is 16.4. The first-order valence-electron chi connectivity index (χ1n) is 27.7. The molecule has 16 atom stereocenters. The molecule has 3 fully saturated rings. The average molecular weight is 1070 g/mol. The van der Waals surface area contributed by atoms with Crippen LogP contribution in [0.2, 0.25) is 0 Å². The van der Waals surface area contributed by atoms with E-state index in [0.29, 0.717) is 63.4 Å². The summed E-state index contributed by atoms with van der Waals surface area (Å²) in [6.45, 7) is 13.2. The van der Waals surface area contributed by atoms with Crippen molar-refractivity contribution in [3.8, 4) is 0 Å². The molecule has 1 saturated carbocycles. The lowest BCUT2D eigenvalue weighted by Crippen LogP contribution is -2.61. The Hall–Kier alpha value is -4.49. The minimum atomic E-state index is -2.45. The third-order valence-corrected chi connectivity index (χ3v) is 16.4. The first kappa shape index (κ1) is 62.4. The Balaban J connectivity index is 1.38. The number of ether oxygens (including phenoxy) is 7. The molecule has 1 aromatic heterocycles. The van der Waals surface area contributed by atoms with Crippen LogP contribution in [0.5, 0.6) is 0 Å². The predicted molar refractivity (Wildman–Crippen MR) is 283 cm³/mol. The summed E-state index contributed by atoms with van der Waals surface area (Å²) in [6, 6.07) is 2.13. The monoisotopic (exact) mass is 1060 g/mol. The van der Waals surface area contributed by atoms with Crippen LogP contribution in [-0.2, 0) is 57.1 Å². The second-order valence-electron chi connectivity index (χ2n) is 22.3. The highest BCUT2D eigenvalue weighted by atomic mass is 16.6. The first-order valence-corrected chi connectivity index (χ1v) is 27.7. The number of carbonyl (C=O) groups excluding carboxylic acids is 6. The second-order valence-corrected chi connectivity index (χ2v) is 22.3. The van der Waals surface area contributed by atoms with Gasteiger partial charge < -0.3 is 48.3 Å². The number of carbonyl (C=O) groups is 6. The lowest BCUT2D eigenvalue weighted by atomic mass is 9.78. The SMILES string of the molecule is CO[C@H]1C[C@@H]2CC[C@@H](C)[C@@](O)(O2)C(=O)C(=O)N2CCCC[C@H]2C(=O)O[C@H]([C@H](C)C[C@H]2CC[C@@H](OCCOC(=O)c3cccnc3)[C@H](OC)C2)CC(=O)[C@H](C)CC(C)[C@@H](O)[C@@H](OC)C(=O)[C@H](C)C[C@H](C)\C=C/C=C/C=C/1C. The number of hydrogen-bond acceptors (Lipinski definition) is 16. The van der Waals surface area contributed by atoms with E-state index in [-0.39, 0.29) is 80.5 Å². The van der Waals surface area contributed by atoms with Crippen molar-refractivity contribution in [2.75, 3.05) is 41.1 Å². The van der Waals surface area contributed by atoms with E-state index < -0.39 is 89.6 Å². The Labute approximate surface area is 450 Å². The average Bonchev–Trinajstić information content (AvgIpc) is 3.43. The number of allylic oxidation sites excluding steroid dienone is 5. The van der Waals surface area contributed by atoms with Crippen molar-refractivity contribution in [2.24, 2.45) is 41.4 Å². The summed E-state index contributed by atoms with van der Waals surface area (Å²) < 4.78 is 41.5. The maximum Gasteiger partial charge on any atom is 0.339 e. The zero-order valence-electron chi connectivity index (χ0n) is 46.8. The summed E-state index contributed by atoms with van der Waals surface area (Å²) in [5.41, 5.74) is 1.22. The lowest BCUT2D eigenvalue weighted by Gasteiger charge is -2.42. The molecule has 17 heteroatoms. The highest BCUT2D eigenvalue weighted by Gasteiger charge is 2.53. The Morgan fingerprint density at radius 1 is 0.868 bits per heavy atom. The summed E-state index contributed by atoms with van der Waals surface area (Å²) in [5, 5.41) is 23.6. The van der Waals surface area contributed by atoms with Gasteiger partial charge in [-0.25, -0.2) is 9.59 Å². The number of fused-ring (bicyclic) bond motifs is 3. The Morgan fingerprint density at radius 2 is 1.63 bits per heavy atom. The number of Topliss-reactive ketones (excluding diaryl/α,β-unsaturated/α-hetero) is 3. The van der Waals surface area contributed by atoms with Crippen molar-refractivity contribution in [3.63, 3.8) is 0 Å². The third kappa shape index (κ3) is 17.0. The van der Waals surface area contributed by atoms with Crippen LogP contribution in [0, 0.1) is 41.4 Å². The molecular formula is C59H88N2O15. The number of methoxy groups -OCH3 is 3. The van der Waals surface area contributed by atoms with Crippen LogP contribution in [0.1, 0.15) is 142 Å². The fourth-order valence-electron chi connectivity index (χ4n) is 11.5. The quantitative estimate of drug-likeness (QED) is 0.124. The van der Waals surface area contributed by atoms with Crippen molar-refractivity contribution in [2.45, 2.75) is 186 Å². The number of aliphatic hydroxyl groups is 2. The van der Waals surface area contributed by atoms with Crippen molar-refractivity contribution < 1.29 is 72.1 Å². The maximum atomic E-state index is 14.6. The highest BCUT2D eigenvalue weighted by Crippen LogP contribution is 2.38. The number of piperidine rings is 1. The molecule has 0 aromatic carbocycles. The highest BCUT2D eigenvalue weighted by molar-refractivity contribution is 6.39. The molecule has 1 aliphatic carbocycles. The molecule has 0 radical (unpaired) electrons. The summed E-state index contributed by atoms with van der Waals surface area (Å²) >= 11 is 0. The number of pyridine rings is 1. The summed E-state index contributed by atoms with van der Waals surface area (Å²) in [4.78, 5) is 89.1. The van der Waals surface area contributed by atoms with Gasteiger partial charge in [0.05, 0.1) is 42.7 Å². The van der Waals surface area contributed by atoms with Gasteiger partial charge in [-0.1, -0.05) is 71.9 Å². The van der Waals surface area contributed by atoms with E-state index in [4.69, 9.17) is 33.2 Å². The Bertz CT molecular complexity index is 2160. The molecule has 5 rings (SSSR count). The largest absolute Gasteiger partial charge is 0.460 e. The number of aromatic nitrogens is 1. The second kappa shape index (κ2) is 30.0. The van der Waals surface area contributed by atoms with Crippen LogP contribution < -0.4 is 0 Å². The van der Waals surface area contributed by atoms with Crippen LogP contribution in [0.15, 0.2) is 60.5 Å². The Kier molecular flexibility index (Phi) is 24.6. The van der Waals surface area contributed by atoms with Crippen molar-refractivity contribution in [1.29, 1.82) is 0 Å². The number of hydrogen-bond donors (Lipinski definition) is 2. The van der Waals surface area contributed by atoms with Gasteiger partial charge >= 0.3 is 11.9 Å². The zero-order valence-corrected chi connectivity index (χ0v) is 46.8. The normalized spacial score (nSPS) is 36.5. The standard InChI is InChI=1S/C59H88N2O15/c1-36-17-12-11-13-18-37(2)49(70-8)33-45-23-21-42(7)59(69,76-45)55(65)56(66)61-26-15-14-20-46(61)58(68)75-50(34-47(62)38(3)30-41(6)53(64)54(72-10)52(63)40(5)29-36)39(4)31-43-22-24-48(51(32-43)71-9)73-27-28-74-57(67)44-19-16-25-60-35-44/h11-13,16-19,25,35-36,38-43,45-46,48-51,53-54,64,69H,14-15,20-24,26-34H2,1-10H3/b13-11+,17-12-,37-18+/t36-,38-,39-,40-,41?,42-,43-,45+,46+,48-,49+,50+,51-,53-,54+,59-/m1/s1. The molecule has 424 valence electrons. The summed E-state index contributed by atoms with van der Waals surface area (Å²) in [5.74, 6) is -8.84. The molecule has 2 bridgehead atoms. The van der Waals surface area contributed by atoms with Crippen LogP contribution in [-0.4, -0.2) is 151 Å². The molecule has 76 heavy (non-hydrogen) atoms. The van der Waals surface area contributed by atoms with Gasteiger partial charge in [0, 0.05) is 70.9 Å². The number of rotatable bonds is 11. The molecule has 1 aromatic rings. The van der Waals surface area contributed by atoms with Gasteiger partial charge in [0.1, 0.15) is 30.6 Å². The molecule has 4 aliphatic rings. The van der Waals surface area contributed by atoms with Crippen LogP contribution in [0.4, 0.5) is 0 Å². The van der Waals surface area contributed by atoms with E-state index >= 15 is 0 Å². The molecule has 4 heterocycles. The minimum absolute atomic E-state index is 0.0180. The van der Waals surface area contributed by atoms with Crippen molar-refractivity contribution in [1.82, 2.24) is 9.88 Å². The molecule has 1 unspecified atom stereocenters. The molecule has 0 spiro atoms. The van der Waals surface area contributed by atoms with E-state index in [1.54, 1.807) is 53.3 Å². The minimum Gasteiger partial charge on any atom is -0.460 e. The van der Waals surface area contributed by atoms with E-state index in [1.807, 2.05) is 58.1 Å². The van der Waals surface area contributed by atoms with Gasteiger partial charge in [0.25, 0.3) is 11.7 Å². The number of aliphatic hydroxyl groups excluding tert-OH is 1. The smallest absolute Gasteiger partial charge is 0.339 e. The molecule has 2 saturated heterocycles. The van der Waals surface area contributed by atoms with Gasteiger partial charge in [-0.3, -0.25) is 24.2 Å². The first-order chi connectivity index (χ1) is 36.2. The van der Waals surface area contributed by atoms with Crippen LogP contribution in [0.3, 0.4) is 0 Å².